The van der Waals surface area contributed by atoms with Crippen molar-refractivity contribution < 1.29 is 19.5 Å². The Labute approximate surface area is 228 Å². The Morgan fingerprint density at radius 1 is 1.03 bits per heavy atom. The van der Waals surface area contributed by atoms with Crippen molar-refractivity contribution in [3.63, 3.8) is 0 Å². The fourth-order valence-corrected chi connectivity index (χ4v) is 6.08. The van der Waals surface area contributed by atoms with Crippen molar-refractivity contribution in [3.8, 4) is 0 Å². The molecule has 1 aliphatic carbocycles. The summed E-state index contributed by atoms with van der Waals surface area (Å²) in [4.78, 5) is 50.9. The number of nitrogens with zero attached hydrogens (tertiary/aromatic N) is 5. The molecule has 208 valence electrons. The maximum atomic E-state index is 12.5. The number of likely N-dealkylation sites (N-methyl/N-ethyl adjacent to an activating group) is 1. The molecule has 2 unspecified atom stereocenters. The highest BCUT2D eigenvalue weighted by atomic mass is 16.4. The molecule has 2 saturated heterocycles. The van der Waals surface area contributed by atoms with E-state index in [-0.39, 0.29) is 23.7 Å². The third-order valence-electron chi connectivity index (χ3n) is 8.37. The summed E-state index contributed by atoms with van der Waals surface area (Å²) in [5.74, 6) is -0.341. The Morgan fingerprint density at radius 3 is 2.51 bits per heavy atom. The molecule has 3 fully saturated rings. The maximum absolute atomic E-state index is 12.5. The average molecular weight is 536 g/mol. The van der Waals surface area contributed by atoms with Gasteiger partial charge in [0.15, 0.2) is 11.5 Å². The quantitative estimate of drug-likeness (QED) is 0.458. The Hall–Kier alpha value is -3.89. The third kappa shape index (κ3) is 5.91. The number of aliphatic carboxylic acids is 1. The molecule has 2 aliphatic heterocycles. The van der Waals surface area contributed by atoms with Crippen LogP contribution >= 0.6 is 0 Å². The molecule has 0 radical (unpaired) electrons. The molecule has 0 spiro atoms. The van der Waals surface area contributed by atoms with Gasteiger partial charge in [-0.1, -0.05) is 18.6 Å². The lowest BCUT2D eigenvalue weighted by atomic mass is 9.91. The number of piperidine rings is 1. The first-order valence-electron chi connectivity index (χ1n) is 13.8. The topological polar surface area (TPSA) is 145 Å². The molecule has 4 N–H and O–H groups in total. The second-order valence-corrected chi connectivity index (χ2v) is 10.9. The van der Waals surface area contributed by atoms with E-state index in [9.17, 15) is 19.5 Å². The minimum Gasteiger partial charge on any atom is -0.481 e. The van der Waals surface area contributed by atoms with E-state index in [0.717, 1.165) is 63.8 Å². The summed E-state index contributed by atoms with van der Waals surface area (Å²) >= 11 is 0. The van der Waals surface area contributed by atoms with Gasteiger partial charge in [0.2, 0.25) is 0 Å². The van der Waals surface area contributed by atoms with E-state index < -0.39 is 11.9 Å². The van der Waals surface area contributed by atoms with Gasteiger partial charge in [-0.15, -0.1) is 0 Å². The number of primary amides is 1. The molecule has 39 heavy (non-hydrogen) atoms. The molecular weight excluding hydrogens is 498 g/mol. The molecule has 3 aliphatic rings. The van der Waals surface area contributed by atoms with Gasteiger partial charge in [0.1, 0.15) is 5.82 Å². The summed E-state index contributed by atoms with van der Waals surface area (Å²) in [7, 11) is 1.83. The van der Waals surface area contributed by atoms with Crippen LogP contribution in [-0.2, 0) is 4.79 Å². The first-order chi connectivity index (χ1) is 18.8. The van der Waals surface area contributed by atoms with Crippen molar-refractivity contribution in [1.29, 1.82) is 0 Å². The van der Waals surface area contributed by atoms with Crippen molar-refractivity contribution in [2.75, 3.05) is 43.4 Å². The van der Waals surface area contributed by atoms with E-state index in [0.29, 0.717) is 30.5 Å². The molecular formula is C28H37N7O4. The maximum Gasteiger partial charge on any atom is 0.320 e. The number of aromatic nitrogens is 2. The van der Waals surface area contributed by atoms with Crippen LogP contribution in [0, 0.1) is 5.92 Å². The van der Waals surface area contributed by atoms with E-state index >= 15 is 0 Å². The van der Waals surface area contributed by atoms with Gasteiger partial charge < -0.3 is 30.9 Å². The van der Waals surface area contributed by atoms with Gasteiger partial charge in [-0.3, -0.25) is 9.59 Å². The number of carboxylic acid groups (broad SMARTS) is 1. The number of hydrogen-bond donors (Lipinski definition) is 3. The second-order valence-electron chi connectivity index (χ2n) is 10.9. The second kappa shape index (κ2) is 11.5. The summed E-state index contributed by atoms with van der Waals surface area (Å²) < 4.78 is 0. The van der Waals surface area contributed by atoms with Crippen LogP contribution < -0.4 is 16.0 Å². The number of urea groups is 1. The van der Waals surface area contributed by atoms with Gasteiger partial charge in [0.25, 0.3) is 5.91 Å². The minimum absolute atomic E-state index is 0.0633. The summed E-state index contributed by atoms with van der Waals surface area (Å²) in [6.07, 6.45) is 7.63. The molecule has 5 rings (SSSR count). The summed E-state index contributed by atoms with van der Waals surface area (Å²) in [5.41, 5.74) is 7.62. The van der Waals surface area contributed by atoms with Crippen molar-refractivity contribution >= 4 is 35.2 Å². The van der Waals surface area contributed by atoms with Gasteiger partial charge in [-0.25, -0.2) is 14.8 Å². The predicted molar refractivity (Wildman–Crippen MR) is 147 cm³/mol. The molecule has 11 nitrogen and oxygen atoms in total. The van der Waals surface area contributed by atoms with Gasteiger partial charge in [0, 0.05) is 38.9 Å². The zero-order valence-corrected chi connectivity index (χ0v) is 22.4. The van der Waals surface area contributed by atoms with Crippen molar-refractivity contribution in [1.82, 2.24) is 19.8 Å². The average Bonchev–Trinajstić information content (AvgIpc) is 3.12. The smallest absolute Gasteiger partial charge is 0.320 e. The number of carbonyl (C=O) groups excluding carboxylic acids is 2. The van der Waals surface area contributed by atoms with Crippen LogP contribution in [0.3, 0.4) is 0 Å². The normalized spacial score (nSPS) is 24.0. The van der Waals surface area contributed by atoms with Crippen LogP contribution in [0.2, 0.25) is 0 Å². The third-order valence-corrected chi connectivity index (χ3v) is 8.37. The highest BCUT2D eigenvalue weighted by Gasteiger charge is 2.34. The zero-order chi connectivity index (χ0) is 27.5. The van der Waals surface area contributed by atoms with Crippen LogP contribution in [0.15, 0.2) is 30.5 Å². The molecule has 11 heteroatoms. The fourth-order valence-electron chi connectivity index (χ4n) is 6.08. The zero-order valence-electron chi connectivity index (χ0n) is 22.4. The number of amides is 3. The Morgan fingerprint density at radius 2 is 1.82 bits per heavy atom. The highest BCUT2D eigenvalue weighted by Crippen LogP contribution is 2.35. The number of hydrogen-bond acceptors (Lipinski definition) is 7. The van der Waals surface area contributed by atoms with Gasteiger partial charge >= 0.3 is 12.0 Å². The van der Waals surface area contributed by atoms with Crippen LogP contribution in [0.1, 0.15) is 66.9 Å². The van der Waals surface area contributed by atoms with Crippen molar-refractivity contribution in [2.24, 2.45) is 11.7 Å². The lowest BCUT2D eigenvalue weighted by molar-refractivity contribution is -0.142. The lowest BCUT2D eigenvalue weighted by Crippen LogP contribution is -2.49. The molecule has 1 aromatic heterocycles. The molecule has 1 aromatic carbocycles. The number of nitrogens with two attached hydrogens (primary N) is 1. The molecule has 3 amide bonds. The Bertz CT molecular complexity index is 1220. The van der Waals surface area contributed by atoms with Crippen LogP contribution in [-0.4, -0.2) is 82.1 Å². The molecule has 3 atom stereocenters. The largest absolute Gasteiger partial charge is 0.481 e. The van der Waals surface area contributed by atoms with Crippen LogP contribution in [0.25, 0.3) is 0 Å². The number of benzene rings is 1. The van der Waals surface area contributed by atoms with Crippen LogP contribution in [0.4, 0.5) is 22.1 Å². The minimum atomic E-state index is -0.694. The molecule has 2 aromatic rings. The number of nitrogens with one attached hydrogen (secondary N) is 1. The summed E-state index contributed by atoms with van der Waals surface area (Å²) in [6.45, 7) is 2.91. The SMILES string of the molecule is CN1CCN([C@@H]2CCCN(c3cnc(C(N)=O)c(Nc4ccc(C5CCCC(C(=O)O)CC5)cc4)n3)C2)C1=O. The molecule has 1 saturated carbocycles. The van der Waals surface area contributed by atoms with Gasteiger partial charge in [-0.05, 0) is 62.1 Å². The van der Waals surface area contributed by atoms with Gasteiger partial charge in [-0.2, -0.15) is 0 Å². The highest BCUT2D eigenvalue weighted by molar-refractivity contribution is 5.96. The van der Waals surface area contributed by atoms with Crippen molar-refractivity contribution in [2.45, 2.75) is 56.9 Å². The van der Waals surface area contributed by atoms with E-state index in [1.165, 1.54) is 5.56 Å². The predicted octanol–water partition coefficient (Wildman–Crippen LogP) is 3.40. The molecule has 3 heterocycles. The van der Waals surface area contributed by atoms with Gasteiger partial charge in [0.05, 0.1) is 18.2 Å². The van der Waals surface area contributed by atoms with Crippen molar-refractivity contribution in [3.05, 3.63) is 41.7 Å². The first kappa shape index (κ1) is 26.7. The summed E-state index contributed by atoms with van der Waals surface area (Å²) in [5, 5.41) is 12.6. The number of carbonyl (C=O) groups is 3. The first-order valence-corrected chi connectivity index (χ1v) is 13.8. The monoisotopic (exact) mass is 535 g/mol. The van der Waals surface area contributed by atoms with Crippen LogP contribution in [0.5, 0.6) is 0 Å². The fraction of sp³-hybridized carbons (Fsp3) is 0.536. The Balaban J connectivity index is 1.30. The number of carboxylic acids is 1. The van der Waals surface area contributed by atoms with E-state index in [1.807, 2.05) is 24.1 Å². The number of rotatable bonds is 7. The number of anilines is 3. The standard InChI is InChI=1S/C28H37N7O4/c1-33-14-15-35(28(33)39)22-6-3-13-34(17-22)23-16-30-24(25(29)36)26(32-23)31-21-11-9-19(10-12-21)18-4-2-5-20(8-7-18)27(37)38/h9-12,16,18,20,22H,2-8,13-15,17H2,1H3,(H2,29,36)(H,31,32)(H,37,38)/t18?,20?,22-/m1/s1. The summed E-state index contributed by atoms with van der Waals surface area (Å²) in [6, 6.07) is 8.16. The van der Waals surface area contributed by atoms with E-state index in [1.54, 1.807) is 11.1 Å². The molecule has 0 bridgehead atoms. The van der Waals surface area contributed by atoms with E-state index in [2.05, 4.69) is 27.3 Å². The lowest BCUT2D eigenvalue weighted by Gasteiger charge is -2.37. The van der Waals surface area contributed by atoms with E-state index in [4.69, 9.17) is 10.7 Å². The Kier molecular flexibility index (Phi) is 7.85.